The fraction of sp³-hybridized carbons (Fsp3) is 0.583. The molecule has 0 saturated carbocycles. The summed E-state index contributed by atoms with van der Waals surface area (Å²) < 4.78 is 5.76. The summed E-state index contributed by atoms with van der Waals surface area (Å²) >= 11 is 3.47. The average molecular weight is 314 g/mol. The Hall–Kier alpha value is -1.17. The number of ether oxygens (including phenoxy) is 1. The molecule has 0 aromatic carbocycles. The molecular formula is C12H16BrN3O2. The van der Waals surface area contributed by atoms with Gasteiger partial charge >= 0.3 is 5.97 Å². The highest BCUT2D eigenvalue weighted by Gasteiger charge is 2.25. The molecule has 2 rings (SSSR count). The normalized spacial score (nSPS) is 19.2. The lowest BCUT2D eigenvalue weighted by atomic mass is 10.2. The van der Waals surface area contributed by atoms with E-state index in [9.17, 15) is 4.79 Å². The van der Waals surface area contributed by atoms with Gasteiger partial charge in [0.05, 0.1) is 22.6 Å². The Morgan fingerprint density at radius 3 is 2.72 bits per heavy atom. The summed E-state index contributed by atoms with van der Waals surface area (Å²) in [6.45, 7) is 6.42. The number of hydrogen-bond donors (Lipinski definition) is 1. The molecule has 0 bridgehead atoms. The third kappa shape index (κ3) is 2.80. The van der Waals surface area contributed by atoms with Crippen LogP contribution in [0.25, 0.3) is 0 Å². The lowest BCUT2D eigenvalue weighted by Gasteiger charge is -2.15. The molecule has 1 aliphatic rings. The molecule has 0 spiro atoms. The van der Waals surface area contributed by atoms with E-state index in [2.05, 4.69) is 45.1 Å². The molecule has 2 heterocycles. The van der Waals surface area contributed by atoms with Crippen molar-refractivity contribution < 1.29 is 9.53 Å². The van der Waals surface area contributed by atoms with Crippen LogP contribution in [0.4, 0.5) is 5.82 Å². The maximum absolute atomic E-state index is 11.1. The molecule has 0 unspecified atom stereocenters. The number of nitrogens with one attached hydrogen (secondary N) is 1. The van der Waals surface area contributed by atoms with Crippen LogP contribution in [-0.4, -0.2) is 28.6 Å². The molecule has 0 aliphatic carbocycles. The van der Waals surface area contributed by atoms with Gasteiger partial charge in [0.2, 0.25) is 0 Å². The number of hydrogen-bond acceptors (Lipinski definition) is 5. The van der Waals surface area contributed by atoms with Crippen molar-refractivity contribution in [1.82, 2.24) is 9.97 Å². The standard InChI is InChI=1S/C12H16BrN3O2/c1-6(2)11-14-7(3)10(13)12(16-11)15-8-4-9(17)18-5-8/h6,8H,4-5H2,1-3H3,(H,14,15,16)/t8-/m0/s1. The highest BCUT2D eigenvalue weighted by molar-refractivity contribution is 9.10. The van der Waals surface area contributed by atoms with Crippen LogP contribution < -0.4 is 5.32 Å². The van der Waals surface area contributed by atoms with Gasteiger partial charge in [-0.25, -0.2) is 9.97 Å². The fourth-order valence-electron chi connectivity index (χ4n) is 1.73. The predicted molar refractivity (Wildman–Crippen MR) is 71.5 cm³/mol. The summed E-state index contributed by atoms with van der Waals surface area (Å²) in [6.07, 6.45) is 0.381. The number of anilines is 1. The van der Waals surface area contributed by atoms with Crippen molar-refractivity contribution in [2.24, 2.45) is 0 Å². The van der Waals surface area contributed by atoms with Gasteiger partial charge in [-0.3, -0.25) is 4.79 Å². The van der Waals surface area contributed by atoms with Gasteiger partial charge in [-0.2, -0.15) is 0 Å². The van der Waals surface area contributed by atoms with E-state index < -0.39 is 0 Å². The summed E-state index contributed by atoms with van der Waals surface area (Å²) in [5.74, 6) is 1.62. The van der Waals surface area contributed by atoms with E-state index >= 15 is 0 Å². The van der Waals surface area contributed by atoms with Crippen molar-refractivity contribution in [2.75, 3.05) is 11.9 Å². The number of nitrogens with zero attached hydrogens (tertiary/aromatic N) is 2. The highest BCUT2D eigenvalue weighted by Crippen LogP contribution is 2.26. The highest BCUT2D eigenvalue weighted by atomic mass is 79.9. The first kappa shape index (κ1) is 13.3. The third-order valence-electron chi connectivity index (χ3n) is 2.75. The van der Waals surface area contributed by atoms with Crippen molar-refractivity contribution in [1.29, 1.82) is 0 Å². The largest absolute Gasteiger partial charge is 0.463 e. The second-order valence-corrected chi connectivity index (χ2v) is 5.51. The number of cyclic esters (lactones) is 1. The lowest BCUT2D eigenvalue weighted by molar-refractivity contribution is -0.137. The van der Waals surface area contributed by atoms with Crippen molar-refractivity contribution in [2.45, 2.75) is 39.2 Å². The van der Waals surface area contributed by atoms with E-state index in [0.717, 1.165) is 21.8 Å². The van der Waals surface area contributed by atoms with Crippen LogP contribution in [0.3, 0.4) is 0 Å². The predicted octanol–water partition coefficient (Wildman–Crippen LogP) is 2.40. The minimum atomic E-state index is -0.168. The van der Waals surface area contributed by atoms with Crippen LogP contribution in [0.2, 0.25) is 0 Å². The Kier molecular flexibility index (Phi) is 3.85. The van der Waals surface area contributed by atoms with E-state index in [0.29, 0.717) is 13.0 Å². The first-order valence-corrected chi connectivity index (χ1v) is 6.73. The van der Waals surface area contributed by atoms with Crippen molar-refractivity contribution in [3.05, 3.63) is 16.0 Å². The second-order valence-electron chi connectivity index (χ2n) is 4.71. The second kappa shape index (κ2) is 5.22. The zero-order valence-corrected chi connectivity index (χ0v) is 12.2. The van der Waals surface area contributed by atoms with Crippen LogP contribution >= 0.6 is 15.9 Å². The number of carbonyl (C=O) groups excluding carboxylic acids is 1. The maximum atomic E-state index is 11.1. The monoisotopic (exact) mass is 313 g/mol. The minimum Gasteiger partial charge on any atom is -0.463 e. The Morgan fingerprint density at radius 1 is 1.44 bits per heavy atom. The van der Waals surface area contributed by atoms with E-state index in [1.54, 1.807) is 0 Å². The van der Waals surface area contributed by atoms with Gasteiger partial charge in [0.15, 0.2) is 0 Å². The van der Waals surface area contributed by atoms with E-state index in [1.165, 1.54) is 0 Å². The third-order valence-corrected chi connectivity index (χ3v) is 3.70. The molecule has 1 N–H and O–H groups in total. The Labute approximate surface area is 114 Å². The molecule has 18 heavy (non-hydrogen) atoms. The minimum absolute atomic E-state index is 0.0110. The molecule has 5 nitrogen and oxygen atoms in total. The number of carbonyl (C=O) groups is 1. The molecular weight excluding hydrogens is 298 g/mol. The topological polar surface area (TPSA) is 64.1 Å². The molecule has 1 aromatic heterocycles. The molecule has 0 amide bonds. The quantitative estimate of drug-likeness (QED) is 0.868. The van der Waals surface area contributed by atoms with Crippen LogP contribution in [0, 0.1) is 6.92 Å². The van der Waals surface area contributed by atoms with Gasteiger partial charge in [0.1, 0.15) is 18.2 Å². The smallest absolute Gasteiger partial charge is 0.308 e. The van der Waals surface area contributed by atoms with Crippen molar-refractivity contribution in [3.63, 3.8) is 0 Å². The van der Waals surface area contributed by atoms with E-state index in [4.69, 9.17) is 4.74 Å². The van der Waals surface area contributed by atoms with E-state index in [-0.39, 0.29) is 17.9 Å². The Balaban J connectivity index is 2.23. The van der Waals surface area contributed by atoms with Crippen LogP contribution in [-0.2, 0) is 9.53 Å². The number of aromatic nitrogens is 2. The number of rotatable bonds is 3. The summed E-state index contributed by atoms with van der Waals surface area (Å²) in [4.78, 5) is 20.0. The SMILES string of the molecule is Cc1nc(C(C)C)nc(N[C@@H]2COC(=O)C2)c1Br. The Bertz CT molecular complexity index is 477. The van der Waals surface area contributed by atoms with Gasteiger partial charge in [-0.15, -0.1) is 0 Å². The fourth-order valence-corrected chi connectivity index (χ4v) is 2.03. The van der Waals surface area contributed by atoms with Gasteiger partial charge in [0.25, 0.3) is 0 Å². The summed E-state index contributed by atoms with van der Waals surface area (Å²) in [6, 6.07) is -0.0110. The molecule has 1 aliphatic heterocycles. The zero-order valence-electron chi connectivity index (χ0n) is 10.7. The maximum Gasteiger partial charge on any atom is 0.308 e. The Morgan fingerprint density at radius 2 is 2.17 bits per heavy atom. The first-order chi connectivity index (χ1) is 8.47. The summed E-state index contributed by atoms with van der Waals surface area (Å²) in [5.41, 5.74) is 0.890. The molecule has 98 valence electrons. The van der Waals surface area contributed by atoms with Crippen molar-refractivity contribution in [3.8, 4) is 0 Å². The van der Waals surface area contributed by atoms with Gasteiger partial charge in [-0.1, -0.05) is 13.8 Å². The summed E-state index contributed by atoms with van der Waals surface area (Å²) in [7, 11) is 0. The van der Waals surface area contributed by atoms with Crippen molar-refractivity contribution >= 4 is 27.7 Å². The molecule has 6 heteroatoms. The van der Waals surface area contributed by atoms with Crippen LogP contribution in [0.5, 0.6) is 0 Å². The molecule has 1 atom stereocenters. The summed E-state index contributed by atoms with van der Waals surface area (Å²) in [5, 5.41) is 3.23. The molecule has 1 fully saturated rings. The molecule has 1 saturated heterocycles. The lowest BCUT2D eigenvalue weighted by Crippen LogP contribution is -2.21. The van der Waals surface area contributed by atoms with Crippen LogP contribution in [0.15, 0.2) is 4.47 Å². The molecule has 0 radical (unpaired) electrons. The molecule has 1 aromatic rings. The zero-order chi connectivity index (χ0) is 13.3. The van der Waals surface area contributed by atoms with Gasteiger partial charge < -0.3 is 10.1 Å². The van der Waals surface area contributed by atoms with Crippen LogP contribution in [0.1, 0.15) is 37.7 Å². The number of esters is 1. The van der Waals surface area contributed by atoms with E-state index in [1.807, 2.05) is 6.92 Å². The number of aryl methyl sites for hydroxylation is 1. The average Bonchev–Trinajstić information content (AvgIpc) is 2.70. The van der Waals surface area contributed by atoms with Gasteiger partial charge in [-0.05, 0) is 22.9 Å². The first-order valence-electron chi connectivity index (χ1n) is 5.93. The number of halogens is 1. The van der Waals surface area contributed by atoms with Gasteiger partial charge in [0, 0.05) is 5.92 Å².